The minimum Gasteiger partial charge on any atom is -0.394 e. The van der Waals surface area contributed by atoms with Crippen molar-refractivity contribution in [2.45, 2.75) is 57.9 Å². The Hall–Kier alpha value is -0.0800. The number of aliphatic hydroxyl groups is 1. The monoisotopic (exact) mass is 211 g/mol. The van der Waals surface area contributed by atoms with Crippen molar-refractivity contribution in [3.63, 3.8) is 0 Å². The highest BCUT2D eigenvalue weighted by Gasteiger charge is 2.46. The van der Waals surface area contributed by atoms with Crippen LogP contribution in [0.1, 0.15) is 52.4 Å². The van der Waals surface area contributed by atoms with Crippen molar-refractivity contribution in [2.75, 3.05) is 13.2 Å². The Balaban J connectivity index is 2.01. The van der Waals surface area contributed by atoms with E-state index in [0.29, 0.717) is 6.61 Å². The molecule has 0 spiro atoms. The smallest absolute Gasteiger partial charge is 0.0618 e. The molecule has 0 bridgehead atoms. The second kappa shape index (κ2) is 4.06. The van der Waals surface area contributed by atoms with Crippen molar-refractivity contribution in [1.29, 1.82) is 0 Å². The van der Waals surface area contributed by atoms with Crippen molar-refractivity contribution < 1.29 is 5.11 Å². The fourth-order valence-electron chi connectivity index (χ4n) is 2.91. The van der Waals surface area contributed by atoms with Crippen LogP contribution in [-0.2, 0) is 0 Å². The molecule has 15 heavy (non-hydrogen) atoms. The molecule has 2 N–H and O–H groups in total. The number of aliphatic hydroxyl groups excluding tert-OH is 1. The summed E-state index contributed by atoms with van der Waals surface area (Å²) in [6, 6.07) is 0. The van der Waals surface area contributed by atoms with Crippen LogP contribution in [-0.4, -0.2) is 23.8 Å². The average molecular weight is 211 g/mol. The molecule has 0 amide bonds. The van der Waals surface area contributed by atoms with Gasteiger partial charge in [0.25, 0.3) is 0 Å². The van der Waals surface area contributed by atoms with Crippen LogP contribution in [0.25, 0.3) is 0 Å². The van der Waals surface area contributed by atoms with E-state index in [4.69, 9.17) is 0 Å². The Morgan fingerprint density at radius 1 is 1.20 bits per heavy atom. The second-order valence-corrected chi connectivity index (χ2v) is 6.16. The van der Waals surface area contributed by atoms with Gasteiger partial charge in [-0.25, -0.2) is 0 Å². The Morgan fingerprint density at radius 3 is 2.40 bits per heavy atom. The minimum atomic E-state index is -0.00611. The largest absolute Gasteiger partial charge is 0.394 e. The van der Waals surface area contributed by atoms with Crippen molar-refractivity contribution in [3.05, 3.63) is 0 Å². The van der Waals surface area contributed by atoms with Gasteiger partial charge in [-0.05, 0) is 43.6 Å². The molecule has 2 fully saturated rings. The van der Waals surface area contributed by atoms with Gasteiger partial charge in [0.15, 0.2) is 0 Å². The summed E-state index contributed by atoms with van der Waals surface area (Å²) in [6.07, 6.45) is 7.74. The molecule has 1 unspecified atom stereocenters. The summed E-state index contributed by atoms with van der Waals surface area (Å²) in [5.41, 5.74) is 0.239. The molecule has 2 saturated carbocycles. The molecule has 0 aromatic carbocycles. The molecule has 0 aliphatic heterocycles. The van der Waals surface area contributed by atoms with E-state index in [1.807, 2.05) is 0 Å². The zero-order valence-electron chi connectivity index (χ0n) is 10.2. The lowest BCUT2D eigenvalue weighted by Crippen LogP contribution is -2.60. The third-order valence-electron chi connectivity index (χ3n) is 4.65. The van der Waals surface area contributed by atoms with Crippen molar-refractivity contribution in [3.8, 4) is 0 Å². The first-order chi connectivity index (χ1) is 7.10. The van der Waals surface area contributed by atoms with Crippen LogP contribution in [0, 0.1) is 11.3 Å². The van der Waals surface area contributed by atoms with Crippen LogP contribution in [0.4, 0.5) is 0 Å². The first kappa shape index (κ1) is 11.4. The lowest BCUT2D eigenvalue weighted by atomic mass is 9.63. The van der Waals surface area contributed by atoms with Crippen LogP contribution in [0.15, 0.2) is 0 Å². The lowest BCUT2D eigenvalue weighted by molar-refractivity contribution is 0.0102. The van der Waals surface area contributed by atoms with Gasteiger partial charge in [0, 0.05) is 5.54 Å². The van der Waals surface area contributed by atoms with Crippen LogP contribution in [0.2, 0.25) is 0 Å². The summed E-state index contributed by atoms with van der Waals surface area (Å²) in [7, 11) is 0. The molecule has 1 atom stereocenters. The predicted molar refractivity (Wildman–Crippen MR) is 62.8 cm³/mol. The lowest BCUT2D eigenvalue weighted by Gasteiger charge is -2.50. The van der Waals surface area contributed by atoms with Gasteiger partial charge in [0.05, 0.1) is 6.61 Å². The summed E-state index contributed by atoms with van der Waals surface area (Å²) in [6.45, 7) is 6.03. The second-order valence-electron chi connectivity index (χ2n) is 6.16. The molecule has 2 nitrogen and oxygen atoms in total. The molecule has 2 aliphatic carbocycles. The van der Waals surface area contributed by atoms with Gasteiger partial charge < -0.3 is 10.4 Å². The van der Waals surface area contributed by atoms with E-state index < -0.39 is 0 Å². The van der Waals surface area contributed by atoms with Crippen molar-refractivity contribution >= 4 is 0 Å². The summed E-state index contributed by atoms with van der Waals surface area (Å²) >= 11 is 0. The van der Waals surface area contributed by atoms with E-state index in [2.05, 4.69) is 19.2 Å². The van der Waals surface area contributed by atoms with Gasteiger partial charge in [0.1, 0.15) is 0 Å². The molecule has 0 aromatic heterocycles. The normalized spacial score (nSPS) is 35.4. The molecule has 2 heteroatoms. The summed E-state index contributed by atoms with van der Waals surface area (Å²) < 4.78 is 0. The highest BCUT2D eigenvalue weighted by atomic mass is 16.3. The van der Waals surface area contributed by atoms with Crippen LogP contribution >= 0.6 is 0 Å². The first-order valence-electron chi connectivity index (χ1n) is 6.46. The molecule has 0 aromatic rings. The Morgan fingerprint density at radius 2 is 1.87 bits per heavy atom. The number of nitrogens with one attached hydrogen (secondary N) is 1. The molecule has 0 radical (unpaired) electrons. The summed E-state index contributed by atoms with van der Waals surface area (Å²) in [5.74, 6) is 0.895. The first-order valence-corrected chi connectivity index (χ1v) is 6.46. The van der Waals surface area contributed by atoms with Gasteiger partial charge in [-0.15, -0.1) is 0 Å². The van der Waals surface area contributed by atoms with Crippen molar-refractivity contribution in [1.82, 2.24) is 5.32 Å². The molecular weight excluding hydrogens is 186 g/mol. The standard InChI is InChI=1S/C13H25NO/c1-12(2)7-3-4-8-13(12,10-15)14-9-11-5-6-11/h11,14-15H,3-10H2,1-2H3. The van der Waals surface area contributed by atoms with Crippen LogP contribution < -0.4 is 5.32 Å². The fraction of sp³-hybridized carbons (Fsp3) is 1.00. The van der Waals surface area contributed by atoms with E-state index in [0.717, 1.165) is 18.9 Å². The quantitative estimate of drug-likeness (QED) is 0.748. The van der Waals surface area contributed by atoms with E-state index in [9.17, 15) is 5.11 Å². The van der Waals surface area contributed by atoms with E-state index in [1.54, 1.807) is 0 Å². The average Bonchev–Trinajstić information content (AvgIpc) is 3.00. The van der Waals surface area contributed by atoms with Gasteiger partial charge >= 0.3 is 0 Å². The van der Waals surface area contributed by atoms with Gasteiger partial charge in [0.2, 0.25) is 0 Å². The van der Waals surface area contributed by atoms with E-state index in [1.165, 1.54) is 32.1 Å². The maximum absolute atomic E-state index is 9.75. The van der Waals surface area contributed by atoms with Crippen molar-refractivity contribution in [2.24, 2.45) is 11.3 Å². The highest BCUT2D eigenvalue weighted by Crippen LogP contribution is 2.44. The van der Waals surface area contributed by atoms with Crippen LogP contribution in [0.3, 0.4) is 0 Å². The number of hydrogen-bond acceptors (Lipinski definition) is 2. The molecule has 88 valence electrons. The summed E-state index contributed by atoms with van der Waals surface area (Å²) in [4.78, 5) is 0. The highest BCUT2D eigenvalue weighted by molar-refractivity contribution is 5.03. The maximum Gasteiger partial charge on any atom is 0.0618 e. The van der Waals surface area contributed by atoms with Gasteiger partial charge in [-0.1, -0.05) is 26.7 Å². The fourth-order valence-corrected chi connectivity index (χ4v) is 2.91. The topological polar surface area (TPSA) is 32.3 Å². The molecule has 0 heterocycles. The number of hydrogen-bond donors (Lipinski definition) is 2. The Kier molecular flexibility index (Phi) is 3.09. The zero-order chi connectivity index (χ0) is 10.9. The Bertz CT molecular complexity index is 223. The zero-order valence-corrected chi connectivity index (χ0v) is 10.2. The minimum absolute atomic E-state index is 0.00611. The third kappa shape index (κ3) is 2.21. The maximum atomic E-state index is 9.75. The van der Waals surface area contributed by atoms with E-state index >= 15 is 0 Å². The SMILES string of the molecule is CC1(C)CCCCC1(CO)NCC1CC1. The van der Waals surface area contributed by atoms with Gasteiger partial charge in [-0.2, -0.15) is 0 Å². The third-order valence-corrected chi connectivity index (χ3v) is 4.65. The molecular formula is C13H25NO. The Labute approximate surface area is 93.5 Å². The predicted octanol–water partition coefficient (Wildman–Crippen LogP) is 2.32. The number of rotatable bonds is 4. The molecule has 0 saturated heterocycles. The molecule has 2 rings (SSSR count). The summed E-state index contributed by atoms with van der Waals surface area (Å²) in [5, 5.41) is 13.4. The van der Waals surface area contributed by atoms with Crippen LogP contribution in [0.5, 0.6) is 0 Å². The van der Waals surface area contributed by atoms with Gasteiger partial charge in [-0.3, -0.25) is 0 Å². The van der Waals surface area contributed by atoms with E-state index in [-0.39, 0.29) is 11.0 Å². The molecule has 2 aliphatic rings.